The van der Waals surface area contributed by atoms with Crippen LogP contribution in [0.25, 0.3) is 11.8 Å². The first kappa shape index (κ1) is 19.4. The molecule has 1 aromatic heterocycles. The quantitative estimate of drug-likeness (QED) is 0.261. The van der Waals surface area contributed by atoms with Crippen molar-refractivity contribution in [1.82, 2.24) is 9.78 Å². The highest BCUT2D eigenvalue weighted by Gasteiger charge is 2.17. The summed E-state index contributed by atoms with van der Waals surface area (Å²) in [6.45, 7) is 3.99. The van der Waals surface area contributed by atoms with Gasteiger partial charge in [0.05, 0.1) is 22.8 Å². The highest BCUT2D eigenvalue weighted by molar-refractivity contribution is 7.99. The number of benzene rings is 3. The van der Waals surface area contributed by atoms with Crippen LogP contribution in [0.1, 0.15) is 27.3 Å². The second-order valence-electron chi connectivity index (χ2n) is 7.46. The highest BCUT2D eigenvalue weighted by atomic mass is 32.2. The van der Waals surface area contributed by atoms with Crippen LogP contribution in [0.4, 0.5) is 11.4 Å². The van der Waals surface area contributed by atoms with Crippen LogP contribution >= 0.6 is 11.8 Å². The van der Waals surface area contributed by atoms with E-state index in [1.165, 1.54) is 4.90 Å². The lowest BCUT2D eigenvalue weighted by molar-refractivity contribution is 0.104. The maximum atomic E-state index is 12.9. The van der Waals surface area contributed by atoms with Gasteiger partial charge in [-0.2, -0.15) is 5.10 Å². The second kappa shape index (κ2) is 7.93. The number of hydrogen-bond acceptors (Lipinski definition) is 4. The Bertz CT molecular complexity index is 1320. The number of carbonyl (C=O) groups is 1. The molecule has 5 rings (SSSR count). The molecule has 0 fully saturated rings. The first-order valence-electron chi connectivity index (χ1n) is 10.1. The van der Waals surface area contributed by atoms with Crippen LogP contribution < -0.4 is 5.32 Å². The molecule has 1 N–H and O–H groups in total. The second-order valence-corrected chi connectivity index (χ2v) is 8.55. The lowest BCUT2D eigenvalue weighted by atomic mass is 10.1. The molecule has 4 aromatic rings. The number of aromatic nitrogens is 2. The fraction of sp³-hybridized carbons (Fsp3) is 0.0769. The van der Waals surface area contributed by atoms with E-state index < -0.39 is 0 Å². The van der Waals surface area contributed by atoms with Crippen LogP contribution in [0.5, 0.6) is 0 Å². The third-order valence-corrected chi connectivity index (χ3v) is 6.54. The Morgan fingerprint density at radius 2 is 1.68 bits per heavy atom. The molecule has 0 amide bonds. The number of carbonyl (C=O) groups excluding carboxylic acids is 1. The smallest absolute Gasteiger partial charge is 0.185 e. The van der Waals surface area contributed by atoms with E-state index in [1.807, 2.05) is 85.3 Å². The molecule has 31 heavy (non-hydrogen) atoms. The van der Waals surface area contributed by atoms with Crippen molar-refractivity contribution in [3.63, 3.8) is 0 Å². The number of para-hydroxylation sites is 2. The third-order valence-electron chi connectivity index (χ3n) is 5.39. The lowest BCUT2D eigenvalue weighted by Crippen LogP contribution is -2.02. The van der Waals surface area contributed by atoms with E-state index in [0.29, 0.717) is 5.56 Å². The summed E-state index contributed by atoms with van der Waals surface area (Å²) in [5.74, 6) is -0.0280. The van der Waals surface area contributed by atoms with E-state index in [2.05, 4.69) is 22.5 Å². The van der Waals surface area contributed by atoms with Crippen molar-refractivity contribution in [3.8, 4) is 5.69 Å². The average molecular weight is 424 g/mol. The van der Waals surface area contributed by atoms with Crippen molar-refractivity contribution < 1.29 is 4.79 Å². The maximum Gasteiger partial charge on any atom is 0.185 e. The standard InChI is InChI=1S/C26H21N3OS/c1-17-21(18(2)29(28-17)20-8-4-3-5-9-20)13-14-24(30)19-12-15-26-23(16-19)27-22-10-6-7-11-25(22)31-26/h3-16,27H,1-2H3/b14-13+. The topological polar surface area (TPSA) is 46.9 Å². The number of hydrogen-bond donors (Lipinski definition) is 1. The van der Waals surface area contributed by atoms with E-state index in [4.69, 9.17) is 0 Å². The van der Waals surface area contributed by atoms with Crippen molar-refractivity contribution in [2.45, 2.75) is 23.6 Å². The molecule has 0 saturated heterocycles. The van der Waals surface area contributed by atoms with Gasteiger partial charge < -0.3 is 5.32 Å². The van der Waals surface area contributed by atoms with E-state index in [-0.39, 0.29) is 5.78 Å². The van der Waals surface area contributed by atoms with Crippen molar-refractivity contribution >= 4 is 35.0 Å². The van der Waals surface area contributed by atoms with Gasteiger partial charge in [-0.15, -0.1) is 0 Å². The zero-order valence-corrected chi connectivity index (χ0v) is 18.1. The predicted octanol–water partition coefficient (Wildman–Crippen LogP) is 6.59. The Balaban J connectivity index is 1.40. The molecular weight excluding hydrogens is 402 g/mol. The molecule has 2 heterocycles. The van der Waals surface area contributed by atoms with Crippen LogP contribution in [0, 0.1) is 13.8 Å². The summed E-state index contributed by atoms with van der Waals surface area (Å²) in [7, 11) is 0. The van der Waals surface area contributed by atoms with Gasteiger partial charge in [-0.1, -0.05) is 42.1 Å². The van der Waals surface area contributed by atoms with Gasteiger partial charge in [0.25, 0.3) is 0 Å². The minimum absolute atomic E-state index is 0.0280. The molecule has 0 aliphatic carbocycles. The summed E-state index contributed by atoms with van der Waals surface area (Å²) >= 11 is 1.71. The molecule has 152 valence electrons. The first-order valence-corrected chi connectivity index (χ1v) is 10.9. The molecule has 0 bridgehead atoms. The van der Waals surface area contributed by atoms with E-state index in [0.717, 1.165) is 38.9 Å². The minimum atomic E-state index is -0.0280. The Kier molecular flexibility index (Phi) is 4.96. The molecule has 0 unspecified atom stereocenters. The van der Waals surface area contributed by atoms with Crippen LogP contribution in [-0.4, -0.2) is 15.6 Å². The van der Waals surface area contributed by atoms with Crippen LogP contribution in [-0.2, 0) is 0 Å². The molecule has 1 aliphatic rings. The molecule has 0 saturated carbocycles. The Morgan fingerprint density at radius 3 is 2.52 bits per heavy atom. The van der Waals surface area contributed by atoms with E-state index >= 15 is 0 Å². The zero-order chi connectivity index (χ0) is 21.4. The normalized spacial score (nSPS) is 12.3. The van der Waals surface area contributed by atoms with Crippen molar-refractivity contribution in [3.05, 3.63) is 101 Å². The number of ketones is 1. The number of aryl methyl sites for hydroxylation is 1. The fourth-order valence-electron chi connectivity index (χ4n) is 3.76. The van der Waals surface area contributed by atoms with E-state index in [9.17, 15) is 4.79 Å². The molecule has 5 heteroatoms. The van der Waals surface area contributed by atoms with Crippen molar-refractivity contribution in [2.75, 3.05) is 5.32 Å². The minimum Gasteiger partial charge on any atom is -0.354 e. The van der Waals surface area contributed by atoms with Crippen LogP contribution in [0.3, 0.4) is 0 Å². The highest BCUT2D eigenvalue weighted by Crippen LogP contribution is 2.44. The summed E-state index contributed by atoms with van der Waals surface area (Å²) in [5.41, 5.74) is 6.57. The van der Waals surface area contributed by atoms with Gasteiger partial charge in [-0.3, -0.25) is 4.79 Å². The van der Waals surface area contributed by atoms with Gasteiger partial charge in [-0.05, 0) is 68.5 Å². The number of rotatable bonds is 4. The van der Waals surface area contributed by atoms with Crippen LogP contribution in [0.2, 0.25) is 0 Å². The maximum absolute atomic E-state index is 12.9. The molecule has 3 aromatic carbocycles. The number of anilines is 2. The van der Waals surface area contributed by atoms with Gasteiger partial charge in [0, 0.05) is 26.6 Å². The molecule has 1 aliphatic heterocycles. The largest absolute Gasteiger partial charge is 0.354 e. The average Bonchev–Trinajstić information content (AvgIpc) is 3.09. The zero-order valence-electron chi connectivity index (χ0n) is 17.3. The van der Waals surface area contributed by atoms with Gasteiger partial charge in [-0.25, -0.2) is 4.68 Å². The predicted molar refractivity (Wildman–Crippen MR) is 127 cm³/mol. The van der Waals surface area contributed by atoms with Gasteiger partial charge in [0.1, 0.15) is 0 Å². The monoisotopic (exact) mass is 423 g/mol. The Hall–Kier alpha value is -3.57. The number of fused-ring (bicyclic) bond motifs is 2. The summed E-state index contributed by atoms with van der Waals surface area (Å²) < 4.78 is 1.91. The summed E-state index contributed by atoms with van der Waals surface area (Å²) in [6.07, 6.45) is 3.51. The number of allylic oxidation sites excluding steroid dienone is 1. The number of nitrogens with one attached hydrogen (secondary N) is 1. The Labute approximate surface area is 185 Å². The molecular formula is C26H21N3OS. The van der Waals surface area contributed by atoms with Gasteiger partial charge >= 0.3 is 0 Å². The third kappa shape index (κ3) is 3.68. The van der Waals surface area contributed by atoms with Crippen molar-refractivity contribution in [2.24, 2.45) is 0 Å². The fourth-order valence-corrected chi connectivity index (χ4v) is 4.73. The summed E-state index contributed by atoms with van der Waals surface area (Å²) in [5, 5.41) is 8.09. The van der Waals surface area contributed by atoms with Gasteiger partial charge in [0.2, 0.25) is 0 Å². The SMILES string of the molecule is Cc1nn(-c2ccccc2)c(C)c1/C=C/C(=O)c1ccc2c(c1)Nc1ccccc1S2. The Morgan fingerprint density at radius 1 is 0.935 bits per heavy atom. The summed E-state index contributed by atoms with van der Waals surface area (Å²) in [6, 6.07) is 24.0. The van der Waals surface area contributed by atoms with E-state index in [1.54, 1.807) is 17.8 Å². The molecule has 0 radical (unpaired) electrons. The first-order chi connectivity index (χ1) is 15.1. The molecule has 0 spiro atoms. The molecule has 0 atom stereocenters. The van der Waals surface area contributed by atoms with Crippen LogP contribution in [0.15, 0.2) is 88.7 Å². The number of nitrogens with zero attached hydrogens (tertiary/aromatic N) is 2. The van der Waals surface area contributed by atoms with Crippen molar-refractivity contribution in [1.29, 1.82) is 0 Å². The van der Waals surface area contributed by atoms with Gasteiger partial charge in [0.15, 0.2) is 5.78 Å². The lowest BCUT2D eigenvalue weighted by Gasteiger charge is -2.20. The summed E-state index contributed by atoms with van der Waals surface area (Å²) in [4.78, 5) is 15.2. The molecule has 4 nitrogen and oxygen atoms in total.